The van der Waals surface area contributed by atoms with Gasteiger partial charge in [0.2, 0.25) is 10.0 Å². The molecule has 82 valence electrons. The van der Waals surface area contributed by atoms with Gasteiger partial charge in [0.05, 0.1) is 11.4 Å². The molecule has 0 radical (unpaired) electrons. The highest BCUT2D eigenvalue weighted by Gasteiger charge is 2.42. The summed E-state index contributed by atoms with van der Waals surface area (Å²) >= 11 is 0. The first kappa shape index (κ1) is 10.4. The SMILES string of the molecule is C[C@@H]1[C@H](O)CCN1S(=O)(=O)C1CCC1. The first-order valence-electron chi connectivity index (χ1n) is 5.22. The zero-order valence-corrected chi connectivity index (χ0v) is 9.20. The number of hydrogen-bond donors (Lipinski definition) is 1. The van der Waals surface area contributed by atoms with Crippen LogP contribution >= 0.6 is 0 Å². The van der Waals surface area contributed by atoms with Crippen molar-refractivity contribution in [2.45, 2.75) is 50.0 Å². The Labute approximate surface area is 85.0 Å². The summed E-state index contributed by atoms with van der Waals surface area (Å²) in [7, 11) is -3.11. The minimum atomic E-state index is -3.11. The molecule has 0 aromatic rings. The van der Waals surface area contributed by atoms with Gasteiger partial charge in [-0.25, -0.2) is 8.42 Å². The maximum absolute atomic E-state index is 12.0. The molecule has 0 aromatic carbocycles. The normalized spacial score (nSPS) is 35.9. The molecule has 5 heteroatoms. The monoisotopic (exact) mass is 219 g/mol. The summed E-state index contributed by atoms with van der Waals surface area (Å²) in [5.41, 5.74) is 0. The van der Waals surface area contributed by atoms with E-state index < -0.39 is 16.1 Å². The summed E-state index contributed by atoms with van der Waals surface area (Å²) in [4.78, 5) is 0. The Balaban J connectivity index is 2.14. The summed E-state index contributed by atoms with van der Waals surface area (Å²) in [6, 6.07) is -0.236. The van der Waals surface area contributed by atoms with E-state index in [4.69, 9.17) is 0 Å². The summed E-state index contributed by atoms with van der Waals surface area (Å²) in [6.07, 6.45) is 2.70. The number of rotatable bonds is 2. The first-order valence-corrected chi connectivity index (χ1v) is 6.72. The fourth-order valence-corrected chi connectivity index (χ4v) is 4.39. The highest BCUT2D eigenvalue weighted by atomic mass is 32.2. The highest BCUT2D eigenvalue weighted by Crippen LogP contribution is 2.32. The minimum Gasteiger partial charge on any atom is -0.391 e. The Morgan fingerprint density at radius 2 is 1.93 bits per heavy atom. The van der Waals surface area contributed by atoms with Gasteiger partial charge < -0.3 is 5.11 Å². The maximum atomic E-state index is 12.0. The van der Waals surface area contributed by atoms with Crippen molar-refractivity contribution in [3.63, 3.8) is 0 Å². The van der Waals surface area contributed by atoms with E-state index in [0.717, 1.165) is 19.3 Å². The van der Waals surface area contributed by atoms with Crippen molar-refractivity contribution in [2.24, 2.45) is 0 Å². The quantitative estimate of drug-likeness (QED) is 0.728. The Hall–Kier alpha value is -0.130. The topological polar surface area (TPSA) is 57.6 Å². The fraction of sp³-hybridized carbons (Fsp3) is 1.00. The molecular formula is C9H17NO3S. The molecule has 1 saturated heterocycles. The van der Waals surface area contributed by atoms with Crippen LogP contribution in [0.15, 0.2) is 0 Å². The van der Waals surface area contributed by atoms with Crippen LogP contribution in [0.25, 0.3) is 0 Å². The lowest BCUT2D eigenvalue weighted by molar-refractivity contribution is 0.150. The van der Waals surface area contributed by atoms with E-state index in [9.17, 15) is 13.5 Å². The Kier molecular flexibility index (Phi) is 2.57. The molecule has 1 aliphatic heterocycles. The molecule has 2 atom stereocenters. The van der Waals surface area contributed by atoms with Crippen molar-refractivity contribution >= 4 is 10.0 Å². The second-order valence-electron chi connectivity index (χ2n) is 4.31. The Bertz CT molecular complexity index is 310. The molecule has 14 heavy (non-hydrogen) atoms. The molecular weight excluding hydrogens is 202 g/mol. The van der Waals surface area contributed by atoms with Gasteiger partial charge in [0.25, 0.3) is 0 Å². The molecule has 2 rings (SSSR count). The number of hydrogen-bond acceptors (Lipinski definition) is 3. The molecule has 2 aliphatic rings. The number of aliphatic hydroxyl groups excluding tert-OH is 1. The van der Waals surface area contributed by atoms with Crippen LogP contribution in [0.5, 0.6) is 0 Å². The average molecular weight is 219 g/mol. The van der Waals surface area contributed by atoms with E-state index in [2.05, 4.69) is 0 Å². The van der Waals surface area contributed by atoms with Crippen LogP contribution < -0.4 is 0 Å². The van der Waals surface area contributed by atoms with Crippen molar-refractivity contribution in [3.8, 4) is 0 Å². The van der Waals surface area contributed by atoms with Gasteiger partial charge in [-0.05, 0) is 26.2 Å². The van der Waals surface area contributed by atoms with E-state index >= 15 is 0 Å². The van der Waals surface area contributed by atoms with Crippen LogP contribution in [0.3, 0.4) is 0 Å². The first-order chi connectivity index (χ1) is 6.53. The number of sulfonamides is 1. The zero-order valence-electron chi connectivity index (χ0n) is 8.39. The van der Waals surface area contributed by atoms with Gasteiger partial charge in [-0.3, -0.25) is 0 Å². The predicted molar refractivity (Wildman–Crippen MR) is 53.4 cm³/mol. The van der Waals surface area contributed by atoms with E-state index in [1.807, 2.05) is 0 Å². The highest BCUT2D eigenvalue weighted by molar-refractivity contribution is 7.89. The molecule has 1 N–H and O–H groups in total. The van der Waals surface area contributed by atoms with E-state index in [-0.39, 0.29) is 11.3 Å². The van der Waals surface area contributed by atoms with Gasteiger partial charge in [0, 0.05) is 12.6 Å². The van der Waals surface area contributed by atoms with Gasteiger partial charge in [0.15, 0.2) is 0 Å². The van der Waals surface area contributed by atoms with Crippen molar-refractivity contribution in [3.05, 3.63) is 0 Å². The van der Waals surface area contributed by atoms with Crippen molar-refractivity contribution in [1.82, 2.24) is 4.31 Å². The van der Waals surface area contributed by atoms with Crippen LogP contribution in [0.2, 0.25) is 0 Å². The van der Waals surface area contributed by atoms with Crippen molar-refractivity contribution in [2.75, 3.05) is 6.54 Å². The van der Waals surface area contributed by atoms with Crippen LogP contribution in [0.4, 0.5) is 0 Å². The second kappa shape index (κ2) is 3.47. The molecule has 0 bridgehead atoms. The molecule has 0 spiro atoms. The molecule has 1 saturated carbocycles. The molecule has 0 amide bonds. The van der Waals surface area contributed by atoms with Gasteiger partial charge in [-0.15, -0.1) is 0 Å². The van der Waals surface area contributed by atoms with Crippen molar-refractivity contribution < 1.29 is 13.5 Å². The Morgan fingerprint density at radius 1 is 1.29 bits per heavy atom. The van der Waals surface area contributed by atoms with Crippen LogP contribution in [0.1, 0.15) is 32.6 Å². The second-order valence-corrected chi connectivity index (χ2v) is 6.47. The van der Waals surface area contributed by atoms with Gasteiger partial charge in [0.1, 0.15) is 0 Å². The summed E-state index contributed by atoms with van der Waals surface area (Å²) in [5, 5.41) is 9.33. The van der Waals surface area contributed by atoms with Gasteiger partial charge in [-0.1, -0.05) is 6.42 Å². The van der Waals surface area contributed by atoms with E-state index in [0.29, 0.717) is 13.0 Å². The van der Waals surface area contributed by atoms with E-state index in [1.54, 1.807) is 6.92 Å². The van der Waals surface area contributed by atoms with Gasteiger partial charge in [-0.2, -0.15) is 4.31 Å². The molecule has 0 unspecified atom stereocenters. The summed E-state index contributed by atoms with van der Waals surface area (Å²) in [6.45, 7) is 2.27. The largest absolute Gasteiger partial charge is 0.391 e. The van der Waals surface area contributed by atoms with Crippen molar-refractivity contribution in [1.29, 1.82) is 0 Å². The number of nitrogens with zero attached hydrogens (tertiary/aromatic N) is 1. The van der Waals surface area contributed by atoms with Crippen LogP contribution in [0, 0.1) is 0 Å². The lowest BCUT2D eigenvalue weighted by Gasteiger charge is -2.32. The molecule has 4 nitrogen and oxygen atoms in total. The molecule has 1 aliphatic carbocycles. The maximum Gasteiger partial charge on any atom is 0.217 e. The smallest absolute Gasteiger partial charge is 0.217 e. The van der Waals surface area contributed by atoms with Crippen LogP contribution in [-0.2, 0) is 10.0 Å². The molecule has 1 heterocycles. The third kappa shape index (κ3) is 1.47. The standard InChI is InChI=1S/C9H17NO3S/c1-7-9(11)5-6-10(7)14(12,13)8-3-2-4-8/h7-9,11H,2-6H2,1H3/t7-,9-/m1/s1. The van der Waals surface area contributed by atoms with E-state index in [1.165, 1.54) is 4.31 Å². The molecule has 2 fully saturated rings. The zero-order chi connectivity index (χ0) is 10.3. The van der Waals surface area contributed by atoms with Gasteiger partial charge >= 0.3 is 0 Å². The average Bonchev–Trinajstić information content (AvgIpc) is 2.28. The third-order valence-electron chi connectivity index (χ3n) is 3.46. The lowest BCUT2D eigenvalue weighted by atomic mass is 10.0. The number of aliphatic hydroxyl groups is 1. The minimum absolute atomic E-state index is 0.171. The fourth-order valence-electron chi connectivity index (χ4n) is 2.12. The summed E-state index contributed by atoms with van der Waals surface area (Å²) in [5.74, 6) is 0. The van der Waals surface area contributed by atoms with Crippen LogP contribution in [-0.4, -0.2) is 41.8 Å². The third-order valence-corrected chi connectivity index (χ3v) is 5.94. The molecule has 0 aromatic heterocycles. The Morgan fingerprint density at radius 3 is 2.29 bits per heavy atom. The predicted octanol–water partition coefficient (Wildman–Crippen LogP) is 0.324. The summed E-state index contributed by atoms with van der Waals surface area (Å²) < 4.78 is 25.5. The lowest BCUT2D eigenvalue weighted by Crippen LogP contribution is -2.45.